The third kappa shape index (κ3) is 13.3. The van der Waals surface area contributed by atoms with Crippen LogP contribution in [0.2, 0.25) is 0 Å². The predicted octanol–water partition coefficient (Wildman–Crippen LogP) is 7.30. The Kier molecular flexibility index (Phi) is 15.9. The lowest BCUT2D eigenvalue weighted by molar-refractivity contribution is 0.148. The summed E-state index contributed by atoms with van der Waals surface area (Å²) in [5.41, 5.74) is 2.63. The minimum Gasteiger partial charge on any atom is -0.460 e. The quantitative estimate of drug-likeness (QED) is 0.120. The molecular weight excluding hydrogens is 567 g/mol. The summed E-state index contributed by atoms with van der Waals surface area (Å²) in [6.07, 6.45) is 11.5. The van der Waals surface area contributed by atoms with Crippen LogP contribution in [0.3, 0.4) is 0 Å². The van der Waals surface area contributed by atoms with Crippen molar-refractivity contribution in [3.63, 3.8) is 0 Å². The van der Waals surface area contributed by atoms with Crippen molar-refractivity contribution in [3.05, 3.63) is 102 Å². The summed E-state index contributed by atoms with van der Waals surface area (Å²) in [5, 5.41) is 7.12. The summed E-state index contributed by atoms with van der Waals surface area (Å²) in [4.78, 5) is 8.59. The second-order valence-electron chi connectivity index (χ2n) is 9.20. The van der Waals surface area contributed by atoms with Crippen LogP contribution >= 0.6 is 0 Å². The summed E-state index contributed by atoms with van der Waals surface area (Å²) in [6.45, 7) is 9.91. The molecule has 0 radical (unpaired) electrons. The van der Waals surface area contributed by atoms with Gasteiger partial charge in [0, 0.05) is 23.8 Å². The number of aromatic nitrogens is 2. The fraction of sp³-hybridized carbons (Fsp3) is 0.333. The summed E-state index contributed by atoms with van der Waals surface area (Å²) in [7, 11) is -2.96. The third-order valence-corrected chi connectivity index (χ3v) is 6.64. The first-order chi connectivity index (χ1) is 20.8. The lowest BCUT2D eigenvalue weighted by Gasteiger charge is -2.06. The van der Waals surface area contributed by atoms with E-state index in [-0.39, 0.29) is 11.6 Å². The number of fused-ring (bicyclic) bond motifs is 1. The molecule has 4 rings (SSSR count). The van der Waals surface area contributed by atoms with Gasteiger partial charge in [-0.3, -0.25) is 0 Å². The van der Waals surface area contributed by atoms with Crippen LogP contribution in [0.15, 0.2) is 89.8 Å². The highest BCUT2D eigenvalue weighted by Gasteiger charge is 2.09. The van der Waals surface area contributed by atoms with Crippen LogP contribution < -0.4 is 10.6 Å². The Hall–Kier alpha value is -3.86. The molecule has 0 fully saturated rings. The first-order valence-corrected chi connectivity index (χ1v) is 16.4. The van der Waals surface area contributed by atoms with Crippen LogP contribution in [0.4, 0.5) is 10.2 Å². The Morgan fingerprint density at radius 2 is 1.86 bits per heavy atom. The predicted molar refractivity (Wildman–Crippen MR) is 174 cm³/mol. The van der Waals surface area contributed by atoms with E-state index >= 15 is 0 Å². The van der Waals surface area contributed by atoms with Gasteiger partial charge in [-0.15, -0.1) is 0 Å². The van der Waals surface area contributed by atoms with Gasteiger partial charge in [0.25, 0.3) is 0 Å². The van der Waals surface area contributed by atoms with Crippen LogP contribution in [0.25, 0.3) is 22.2 Å². The molecular formula is C33H43FN4O4S. The van der Waals surface area contributed by atoms with Crippen LogP contribution in [0, 0.1) is 5.82 Å². The van der Waals surface area contributed by atoms with E-state index in [1.54, 1.807) is 6.07 Å². The minimum absolute atomic E-state index is 0.104. The molecule has 0 saturated carbocycles. The number of allylic oxidation sites excluding steroid dienone is 2. The van der Waals surface area contributed by atoms with Gasteiger partial charge in [-0.2, -0.15) is 0 Å². The summed E-state index contributed by atoms with van der Waals surface area (Å²) < 4.78 is 46.2. The molecule has 0 amide bonds. The van der Waals surface area contributed by atoms with Gasteiger partial charge in [-0.1, -0.05) is 51.1 Å². The number of nitrogens with zero attached hydrogens (tertiary/aromatic N) is 2. The Balaban J connectivity index is 0.000000340. The zero-order valence-electron chi connectivity index (χ0n) is 25.6. The van der Waals surface area contributed by atoms with Crippen molar-refractivity contribution in [2.24, 2.45) is 0 Å². The maximum Gasteiger partial charge on any atom is 0.148 e. The number of benzene rings is 2. The largest absolute Gasteiger partial charge is 0.460 e. The Morgan fingerprint density at radius 3 is 2.58 bits per heavy atom. The molecule has 0 spiro atoms. The normalized spacial score (nSPS) is 11.3. The second kappa shape index (κ2) is 19.4. The number of halogens is 1. The molecule has 2 aromatic heterocycles. The fourth-order valence-corrected chi connectivity index (χ4v) is 4.21. The number of hydrogen-bond donors (Lipinski definition) is 2. The van der Waals surface area contributed by atoms with E-state index in [1.165, 1.54) is 24.7 Å². The summed E-state index contributed by atoms with van der Waals surface area (Å²) >= 11 is 0. The topological polar surface area (TPSA) is 106 Å². The zero-order chi connectivity index (χ0) is 31.5. The van der Waals surface area contributed by atoms with Crippen molar-refractivity contribution in [1.82, 2.24) is 15.3 Å². The van der Waals surface area contributed by atoms with Crippen molar-refractivity contribution in [2.75, 3.05) is 30.5 Å². The molecule has 2 heterocycles. The number of sulfone groups is 1. The average molecular weight is 611 g/mol. The number of anilines is 1. The Bertz CT molecular complexity index is 1550. The molecule has 0 aliphatic carbocycles. The standard InChI is InChI=1S/C19H22N4O3S.C12H15FO.C2H6/c1-3-8-21-19-16-11-14(4-6-17(16)22-13-23-19)18-7-5-15(26-18)12-20-9-10-27(2,24)25;1-2-3-4-8-14-10-11-6-5-7-12(13)9-11;1-2/h3-8,11,13,20H,9-10,12H2,1-2H3,(H,21,22,23);3-7,9H,2,8,10H2,1H3;1-2H3/b8-3+;4-3-;. The van der Waals surface area contributed by atoms with E-state index in [4.69, 9.17) is 9.15 Å². The van der Waals surface area contributed by atoms with Crippen LogP contribution in [0.5, 0.6) is 0 Å². The van der Waals surface area contributed by atoms with Crippen molar-refractivity contribution in [3.8, 4) is 11.3 Å². The Morgan fingerprint density at radius 1 is 1.05 bits per heavy atom. The lowest BCUT2D eigenvalue weighted by Crippen LogP contribution is -2.21. The van der Waals surface area contributed by atoms with Crippen LogP contribution in [-0.4, -0.2) is 43.5 Å². The number of nitrogens with one attached hydrogen (secondary N) is 2. The smallest absolute Gasteiger partial charge is 0.148 e. The molecule has 8 nitrogen and oxygen atoms in total. The maximum atomic E-state index is 12.7. The van der Waals surface area contributed by atoms with Gasteiger partial charge in [0.1, 0.15) is 39.3 Å². The molecule has 4 aromatic rings. The van der Waals surface area contributed by atoms with Gasteiger partial charge in [0.2, 0.25) is 0 Å². The third-order valence-electron chi connectivity index (χ3n) is 5.69. The lowest BCUT2D eigenvalue weighted by atomic mass is 10.1. The second-order valence-corrected chi connectivity index (χ2v) is 11.5. The summed E-state index contributed by atoms with van der Waals surface area (Å²) in [5.74, 6) is 2.10. The number of hydrogen-bond acceptors (Lipinski definition) is 8. The van der Waals surface area contributed by atoms with Gasteiger partial charge in [0.05, 0.1) is 31.0 Å². The highest BCUT2D eigenvalue weighted by Crippen LogP contribution is 2.28. The number of furan rings is 1. The molecule has 232 valence electrons. The van der Waals surface area contributed by atoms with E-state index in [2.05, 4.69) is 27.5 Å². The van der Waals surface area contributed by atoms with Gasteiger partial charge in [-0.05, 0) is 67.6 Å². The van der Waals surface area contributed by atoms with Crippen molar-refractivity contribution < 1.29 is 22.0 Å². The molecule has 0 unspecified atom stereocenters. The highest BCUT2D eigenvalue weighted by molar-refractivity contribution is 7.90. The van der Waals surface area contributed by atoms with E-state index in [0.29, 0.717) is 26.3 Å². The maximum absolute atomic E-state index is 12.7. The van der Waals surface area contributed by atoms with Gasteiger partial charge < -0.3 is 19.8 Å². The Labute approximate surface area is 255 Å². The van der Waals surface area contributed by atoms with Crippen LogP contribution in [-0.2, 0) is 27.7 Å². The molecule has 0 aliphatic rings. The van der Waals surface area contributed by atoms with Crippen molar-refractivity contribution >= 4 is 26.6 Å². The van der Waals surface area contributed by atoms with Crippen LogP contribution in [0.1, 0.15) is 45.4 Å². The van der Waals surface area contributed by atoms with Gasteiger partial charge >= 0.3 is 0 Å². The SMILES string of the molecule is C/C=C/Nc1ncnc2ccc(-c3ccc(CNCCS(C)(=O)=O)o3)cc12.CC.CC/C=C\COCc1cccc(F)c1. The first-order valence-electron chi connectivity index (χ1n) is 14.4. The molecule has 2 aromatic carbocycles. The van der Waals surface area contributed by atoms with Gasteiger partial charge in [-0.25, -0.2) is 22.8 Å². The fourth-order valence-electron chi connectivity index (χ4n) is 3.69. The van der Waals surface area contributed by atoms with Crippen molar-refractivity contribution in [1.29, 1.82) is 0 Å². The van der Waals surface area contributed by atoms with E-state index < -0.39 is 9.84 Å². The first kappa shape index (κ1) is 35.3. The number of ether oxygens (including phenoxy) is 1. The molecule has 0 aliphatic heterocycles. The molecule has 43 heavy (non-hydrogen) atoms. The monoisotopic (exact) mass is 610 g/mol. The van der Waals surface area contributed by atoms with E-state index in [1.807, 2.05) is 81.6 Å². The molecule has 2 N–H and O–H groups in total. The number of rotatable bonds is 13. The van der Waals surface area contributed by atoms with Gasteiger partial charge in [0.15, 0.2) is 0 Å². The molecule has 0 bridgehead atoms. The molecule has 0 saturated heterocycles. The summed E-state index contributed by atoms with van der Waals surface area (Å²) in [6, 6.07) is 16.1. The molecule has 0 atom stereocenters. The minimum atomic E-state index is -2.96. The van der Waals surface area contributed by atoms with E-state index in [0.717, 1.165) is 45.8 Å². The molecule has 10 heteroatoms. The van der Waals surface area contributed by atoms with E-state index in [9.17, 15) is 12.8 Å². The van der Waals surface area contributed by atoms with Crippen molar-refractivity contribution in [2.45, 2.75) is 47.3 Å². The highest BCUT2D eigenvalue weighted by atomic mass is 32.2. The zero-order valence-corrected chi connectivity index (χ0v) is 26.5. The average Bonchev–Trinajstić information content (AvgIpc) is 3.48.